The summed E-state index contributed by atoms with van der Waals surface area (Å²) < 4.78 is 0. The van der Waals surface area contributed by atoms with Gasteiger partial charge in [0, 0.05) is 25.3 Å². The number of hydrogen-bond acceptors (Lipinski definition) is 3. The van der Waals surface area contributed by atoms with Gasteiger partial charge in [-0.25, -0.2) is 4.98 Å². The van der Waals surface area contributed by atoms with Crippen molar-refractivity contribution in [2.75, 3.05) is 25.0 Å². The van der Waals surface area contributed by atoms with E-state index in [9.17, 15) is 0 Å². The standard InChI is InChI=1S/C17H29N3/c1-5-6-14-7-8-20(12-14)17-10-15(11-18-4)9-16(19-17)13(2)3/h9-10,13-14,18H,5-8,11-12H2,1-4H3. The first-order valence-electron chi connectivity index (χ1n) is 8.04. The Morgan fingerprint density at radius 3 is 2.85 bits per heavy atom. The van der Waals surface area contributed by atoms with E-state index < -0.39 is 0 Å². The summed E-state index contributed by atoms with van der Waals surface area (Å²) >= 11 is 0. The predicted molar refractivity (Wildman–Crippen MR) is 86.3 cm³/mol. The molecular weight excluding hydrogens is 246 g/mol. The molecule has 0 aliphatic carbocycles. The van der Waals surface area contributed by atoms with E-state index in [0.29, 0.717) is 5.92 Å². The summed E-state index contributed by atoms with van der Waals surface area (Å²) in [6.07, 6.45) is 3.97. The van der Waals surface area contributed by atoms with Gasteiger partial charge in [-0.05, 0) is 49.4 Å². The molecule has 1 fully saturated rings. The van der Waals surface area contributed by atoms with Crippen LogP contribution in [0.5, 0.6) is 0 Å². The second kappa shape index (κ2) is 7.07. The van der Waals surface area contributed by atoms with Gasteiger partial charge in [0.15, 0.2) is 0 Å². The number of pyridine rings is 1. The van der Waals surface area contributed by atoms with Crippen LogP contribution >= 0.6 is 0 Å². The Labute approximate surface area is 123 Å². The summed E-state index contributed by atoms with van der Waals surface area (Å²) in [5, 5.41) is 3.25. The fourth-order valence-corrected chi connectivity index (χ4v) is 3.04. The zero-order valence-corrected chi connectivity index (χ0v) is 13.4. The Bertz CT molecular complexity index is 428. The molecule has 20 heavy (non-hydrogen) atoms. The van der Waals surface area contributed by atoms with Crippen LogP contribution in [0.2, 0.25) is 0 Å². The van der Waals surface area contributed by atoms with E-state index in [1.807, 2.05) is 7.05 Å². The van der Waals surface area contributed by atoms with Gasteiger partial charge in [-0.1, -0.05) is 27.2 Å². The van der Waals surface area contributed by atoms with Gasteiger partial charge in [-0.3, -0.25) is 0 Å². The van der Waals surface area contributed by atoms with Crippen molar-refractivity contribution in [3.8, 4) is 0 Å². The van der Waals surface area contributed by atoms with Gasteiger partial charge in [0.25, 0.3) is 0 Å². The van der Waals surface area contributed by atoms with Gasteiger partial charge in [0.05, 0.1) is 0 Å². The number of aromatic nitrogens is 1. The zero-order chi connectivity index (χ0) is 14.5. The highest BCUT2D eigenvalue weighted by Crippen LogP contribution is 2.27. The van der Waals surface area contributed by atoms with Crippen molar-refractivity contribution < 1.29 is 0 Å². The number of anilines is 1. The summed E-state index contributed by atoms with van der Waals surface area (Å²) in [5.74, 6) is 2.52. The molecular formula is C17H29N3. The molecule has 0 aromatic carbocycles. The number of nitrogens with zero attached hydrogens (tertiary/aromatic N) is 2. The monoisotopic (exact) mass is 275 g/mol. The Hall–Kier alpha value is -1.09. The van der Waals surface area contributed by atoms with Crippen LogP contribution in [0.1, 0.15) is 57.2 Å². The third-order valence-electron chi connectivity index (χ3n) is 4.17. The third-order valence-corrected chi connectivity index (χ3v) is 4.17. The van der Waals surface area contributed by atoms with Crippen LogP contribution in [0.15, 0.2) is 12.1 Å². The van der Waals surface area contributed by atoms with Crippen LogP contribution in [0, 0.1) is 5.92 Å². The lowest BCUT2D eigenvalue weighted by molar-refractivity contribution is 0.529. The summed E-state index contributed by atoms with van der Waals surface area (Å²) in [6.45, 7) is 9.99. The largest absolute Gasteiger partial charge is 0.356 e. The molecule has 2 heterocycles. The van der Waals surface area contributed by atoms with Crippen molar-refractivity contribution >= 4 is 5.82 Å². The Balaban J connectivity index is 2.18. The average molecular weight is 275 g/mol. The lowest BCUT2D eigenvalue weighted by atomic mass is 10.0. The minimum atomic E-state index is 0.486. The van der Waals surface area contributed by atoms with Crippen LogP contribution in [-0.4, -0.2) is 25.1 Å². The Morgan fingerprint density at radius 2 is 2.20 bits per heavy atom. The van der Waals surface area contributed by atoms with Gasteiger partial charge >= 0.3 is 0 Å². The van der Waals surface area contributed by atoms with E-state index in [4.69, 9.17) is 4.98 Å². The van der Waals surface area contributed by atoms with E-state index in [1.54, 1.807) is 0 Å². The quantitative estimate of drug-likeness (QED) is 0.860. The molecule has 1 saturated heterocycles. The maximum absolute atomic E-state index is 4.89. The summed E-state index contributed by atoms with van der Waals surface area (Å²) in [5.41, 5.74) is 2.56. The minimum absolute atomic E-state index is 0.486. The Kier molecular flexibility index (Phi) is 5.41. The molecule has 1 unspecified atom stereocenters. The SMILES string of the molecule is CCCC1CCN(c2cc(CNC)cc(C(C)C)n2)C1. The zero-order valence-electron chi connectivity index (χ0n) is 13.4. The minimum Gasteiger partial charge on any atom is -0.356 e. The van der Waals surface area contributed by atoms with Crippen molar-refractivity contribution in [2.24, 2.45) is 5.92 Å². The van der Waals surface area contributed by atoms with Crippen LogP contribution in [0.25, 0.3) is 0 Å². The van der Waals surface area contributed by atoms with Crippen molar-refractivity contribution in [3.63, 3.8) is 0 Å². The highest BCUT2D eigenvalue weighted by atomic mass is 15.2. The second-order valence-corrected chi connectivity index (χ2v) is 6.33. The van der Waals surface area contributed by atoms with Crippen molar-refractivity contribution in [1.29, 1.82) is 0 Å². The molecule has 1 aliphatic rings. The molecule has 0 saturated carbocycles. The smallest absolute Gasteiger partial charge is 0.129 e. The maximum atomic E-state index is 4.89. The van der Waals surface area contributed by atoms with E-state index in [-0.39, 0.29) is 0 Å². The molecule has 1 atom stereocenters. The van der Waals surface area contributed by atoms with Crippen LogP contribution < -0.4 is 10.2 Å². The van der Waals surface area contributed by atoms with Gasteiger partial charge in [-0.15, -0.1) is 0 Å². The number of rotatable bonds is 6. The van der Waals surface area contributed by atoms with Gasteiger partial charge in [0.1, 0.15) is 5.82 Å². The second-order valence-electron chi connectivity index (χ2n) is 6.33. The fourth-order valence-electron chi connectivity index (χ4n) is 3.04. The summed E-state index contributed by atoms with van der Waals surface area (Å²) in [7, 11) is 2.00. The molecule has 1 aromatic heterocycles. The number of hydrogen-bond donors (Lipinski definition) is 1. The van der Waals surface area contributed by atoms with E-state index in [2.05, 4.69) is 43.1 Å². The molecule has 112 valence electrons. The van der Waals surface area contributed by atoms with E-state index in [1.165, 1.54) is 42.9 Å². The number of nitrogens with one attached hydrogen (secondary N) is 1. The third kappa shape index (κ3) is 3.72. The molecule has 3 heteroatoms. The van der Waals surface area contributed by atoms with Crippen LogP contribution in [0.3, 0.4) is 0 Å². The molecule has 1 aromatic rings. The molecule has 0 bridgehead atoms. The molecule has 0 amide bonds. The fraction of sp³-hybridized carbons (Fsp3) is 0.706. The van der Waals surface area contributed by atoms with Gasteiger partial charge < -0.3 is 10.2 Å². The molecule has 0 radical (unpaired) electrons. The van der Waals surface area contributed by atoms with Crippen molar-refractivity contribution in [2.45, 2.75) is 52.5 Å². The summed E-state index contributed by atoms with van der Waals surface area (Å²) in [6, 6.07) is 4.50. The highest BCUT2D eigenvalue weighted by Gasteiger charge is 2.23. The van der Waals surface area contributed by atoms with Crippen molar-refractivity contribution in [1.82, 2.24) is 10.3 Å². The van der Waals surface area contributed by atoms with Crippen LogP contribution in [0.4, 0.5) is 5.82 Å². The summed E-state index contributed by atoms with van der Waals surface area (Å²) in [4.78, 5) is 7.37. The van der Waals surface area contributed by atoms with E-state index in [0.717, 1.165) is 19.0 Å². The van der Waals surface area contributed by atoms with Crippen LogP contribution in [-0.2, 0) is 6.54 Å². The highest BCUT2D eigenvalue weighted by molar-refractivity contribution is 5.44. The molecule has 3 nitrogen and oxygen atoms in total. The molecule has 0 spiro atoms. The topological polar surface area (TPSA) is 28.2 Å². The normalized spacial score (nSPS) is 19.1. The maximum Gasteiger partial charge on any atom is 0.129 e. The lowest BCUT2D eigenvalue weighted by Crippen LogP contribution is -2.22. The van der Waals surface area contributed by atoms with Gasteiger partial charge in [0.2, 0.25) is 0 Å². The lowest BCUT2D eigenvalue weighted by Gasteiger charge is -2.20. The van der Waals surface area contributed by atoms with Crippen molar-refractivity contribution in [3.05, 3.63) is 23.4 Å². The first-order chi connectivity index (χ1) is 9.63. The average Bonchev–Trinajstić information content (AvgIpc) is 2.88. The molecule has 2 rings (SSSR count). The first kappa shape index (κ1) is 15.3. The molecule has 1 aliphatic heterocycles. The van der Waals surface area contributed by atoms with E-state index >= 15 is 0 Å². The van der Waals surface area contributed by atoms with Gasteiger partial charge in [-0.2, -0.15) is 0 Å². The first-order valence-corrected chi connectivity index (χ1v) is 8.04. The predicted octanol–water partition coefficient (Wildman–Crippen LogP) is 3.55. The molecule has 1 N–H and O–H groups in total. The Morgan fingerprint density at radius 1 is 1.40 bits per heavy atom.